The number of nitrogens with zero attached hydrogens (tertiary/aromatic N) is 4. The van der Waals surface area contributed by atoms with E-state index in [1.165, 1.54) is 0 Å². The molecule has 31 heavy (non-hydrogen) atoms. The highest BCUT2D eigenvalue weighted by Gasteiger charge is 2.27. The van der Waals surface area contributed by atoms with Gasteiger partial charge in [-0.25, -0.2) is 4.98 Å². The Labute approximate surface area is 188 Å². The van der Waals surface area contributed by atoms with Crippen LogP contribution in [0.15, 0.2) is 48.7 Å². The Bertz CT molecular complexity index is 899. The quantitative estimate of drug-likeness (QED) is 0.711. The molecule has 1 atom stereocenters. The molecular formula is C24H29ClN4O2. The summed E-state index contributed by atoms with van der Waals surface area (Å²) in [7, 11) is 0. The Morgan fingerprint density at radius 2 is 1.74 bits per heavy atom. The van der Waals surface area contributed by atoms with Crippen LogP contribution in [0.4, 0.5) is 5.82 Å². The molecule has 0 spiro atoms. The van der Waals surface area contributed by atoms with Gasteiger partial charge in [-0.15, -0.1) is 0 Å². The summed E-state index contributed by atoms with van der Waals surface area (Å²) in [6.45, 7) is 4.54. The monoisotopic (exact) mass is 440 g/mol. The van der Waals surface area contributed by atoms with Gasteiger partial charge in [0, 0.05) is 51.9 Å². The lowest BCUT2D eigenvalue weighted by Crippen LogP contribution is -2.49. The van der Waals surface area contributed by atoms with Crippen molar-refractivity contribution < 1.29 is 9.59 Å². The molecule has 0 aliphatic carbocycles. The van der Waals surface area contributed by atoms with Crippen LogP contribution >= 0.6 is 11.6 Å². The van der Waals surface area contributed by atoms with Gasteiger partial charge in [0.2, 0.25) is 5.91 Å². The van der Waals surface area contributed by atoms with Crippen LogP contribution in [0.25, 0.3) is 0 Å². The Kier molecular flexibility index (Phi) is 7.07. The third-order valence-electron chi connectivity index (χ3n) is 6.28. The van der Waals surface area contributed by atoms with Gasteiger partial charge >= 0.3 is 0 Å². The zero-order valence-electron chi connectivity index (χ0n) is 17.8. The van der Waals surface area contributed by atoms with Gasteiger partial charge in [0.15, 0.2) is 0 Å². The van der Waals surface area contributed by atoms with E-state index < -0.39 is 0 Å². The molecule has 2 aromatic rings. The first-order chi connectivity index (χ1) is 15.1. The van der Waals surface area contributed by atoms with Gasteiger partial charge in [-0.3, -0.25) is 9.59 Å². The van der Waals surface area contributed by atoms with Crippen molar-refractivity contribution in [2.75, 3.05) is 44.2 Å². The predicted molar refractivity (Wildman–Crippen MR) is 122 cm³/mol. The van der Waals surface area contributed by atoms with E-state index in [1.807, 2.05) is 40.1 Å². The number of piperazine rings is 1. The summed E-state index contributed by atoms with van der Waals surface area (Å²) in [5, 5.41) is 0.495. The molecule has 0 unspecified atom stereocenters. The molecule has 2 aliphatic heterocycles. The van der Waals surface area contributed by atoms with Crippen LogP contribution in [-0.4, -0.2) is 65.9 Å². The molecule has 3 heterocycles. The number of rotatable bonds is 5. The first-order valence-electron chi connectivity index (χ1n) is 11.1. The van der Waals surface area contributed by atoms with Crippen LogP contribution in [0.1, 0.15) is 36.0 Å². The highest BCUT2D eigenvalue weighted by atomic mass is 35.5. The molecule has 2 aliphatic rings. The van der Waals surface area contributed by atoms with E-state index in [-0.39, 0.29) is 11.8 Å². The fourth-order valence-electron chi connectivity index (χ4n) is 4.50. The molecule has 0 N–H and O–H groups in total. The van der Waals surface area contributed by atoms with Crippen LogP contribution in [-0.2, 0) is 4.79 Å². The van der Waals surface area contributed by atoms with Crippen molar-refractivity contribution in [1.29, 1.82) is 0 Å². The molecule has 164 valence electrons. The average molecular weight is 441 g/mol. The lowest BCUT2D eigenvalue weighted by atomic mass is 9.92. The van der Waals surface area contributed by atoms with Crippen molar-refractivity contribution in [2.24, 2.45) is 5.92 Å². The number of anilines is 1. The van der Waals surface area contributed by atoms with Crippen molar-refractivity contribution in [3.8, 4) is 0 Å². The molecule has 0 saturated carbocycles. The summed E-state index contributed by atoms with van der Waals surface area (Å²) in [6.07, 6.45) is 5.20. The van der Waals surface area contributed by atoms with Gasteiger partial charge in [-0.1, -0.05) is 29.8 Å². The van der Waals surface area contributed by atoms with Crippen LogP contribution in [0.5, 0.6) is 0 Å². The Hall–Kier alpha value is -2.60. The van der Waals surface area contributed by atoms with E-state index in [9.17, 15) is 9.59 Å². The fraction of sp³-hybridized carbons (Fsp3) is 0.458. The van der Waals surface area contributed by atoms with E-state index in [1.54, 1.807) is 18.3 Å². The summed E-state index contributed by atoms with van der Waals surface area (Å²) in [4.78, 5) is 36.1. The largest absolute Gasteiger partial charge is 0.353 e. The second kappa shape index (κ2) is 10.1. The highest BCUT2D eigenvalue weighted by molar-refractivity contribution is 6.33. The number of pyridine rings is 1. The number of carbonyl (C=O) groups excluding carboxylic acids is 2. The van der Waals surface area contributed by atoms with Crippen molar-refractivity contribution in [2.45, 2.75) is 25.7 Å². The molecule has 2 fully saturated rings. The minimum atomic E-state index is -0.00716. The summed E-state index contributed by atoms with van der Waals surface area (Å²) >= 11 is 6.21. The summed E-state index contributed by atoms with van der Waals surface area (Å²) < 4.78 is 0. The molecule has 2 amide bonds. The normalized spacial score (nSPS) is 19.4. The Morgan fingerprint density at radius 1 is 0.968 bits per heavy atom. The molecule has 1 aromatic heterocycles. The van der Waals surface area contributed by atoms with Crippen molar-refractivity contribution in [3.63, 3.8) is 0 Å². The smallest absolute Gasteiger partial charge is 0.255 e. The zero-order valence-corrected chi connectivity index (χ0v) is 18.5. The predicted octanol–water partition coefficient (Wildman–Crippen LogP) is 3.72. The van der Waals surface area contributed by atoms with Crippen molar-refractivity contribution in [3.05, 3.63) is 59.2 Å². The lowest BCUT2D eigenvalue weighted by Gasteiger charge is -2.36. The van der Waals surface area contributed by atoms with Gasteiger partial charge in [-0.2, -0.15) is 0 Å². The number of carbonyl (C=O) groups is 2. The molecule has 6 nitrogen and oxygen atoms in total. The van der Waals surface area contributed by atoms with Gasteiger partial charge in [0.05, 0.1) is 10.6 Å². The number of amides is 2. The summed E-state index contributed by atoms with van der Waals surface area (Å²) in [5.74, 6) is 1.54. The summed E-state index contributed by atoms with van der Waals surface area (Å²) in [6, 6.07) is 13.1. The molecule has 2 saturated heterocycles. The number of likely N-dealkylation sites (tertiary alicyclic amines) is 1. The second-order valence-corrected chi connectivity index (χ2v) is 8.74. The minimum absolute atomic E-state index is 0.00716. The van der Waals surface area contributed by atoms with Crippen molar-refractivity contribution >= 4 is 29.2 Å². The van der Waals surface area contributed by atoms with Crippen LogP contribution in [0.2, 0.25) is 5.02 Å². The highest BCUT2D eigenvalue weighted by Crippen LogP contribution is 2.25. The summed E-state index contributed by atoms with van der Waals surface area (Å²) in [5.41, 5.74) is 0.562. The number of halogens is 1. The van der Waals surface area contributed by atoms with E-state index in [0.29, 0.717) is 29.5 Å². The van der Waals surface area contributed by atoms with E-state index in [4.69, 9.17) is 11.6 Å². The number of benzene rings is 1. The average Bonchev–Trinajstić information content (AvgIpc) is 2.83. The van der Waals surface area contributed by atoms with E-state index in [0.717, 1.165) is 57.8 Å². The minimum Gasteiger partial charge on any atom is -0.353 e. The maximum absolute atomic E-state index is 12.9. The van der Waals surface area contributed by atoms with Gasteiger partial charge in [0.1, 0.15) is 5.82 Å². The van der Waals surface area contributed by atoms with Gasteiger partial charge in [0.25, 0.3) is 5.91 Å². The van der Waals surface area contributed by atoms with Gasteiger partial charge in [-0.05, 0) is 49.4 Å². The van der Waals surface area contributed by atoms with Crippen LogP contribution in [0.3, 0.4) is 0 Å². The topological polar surface area (TPSA) is 56.8 Å². The first-order valence-corrected chi connectivity index (χ1v) is 11.5. The lowest BCUT2D eigenvalue weighted by molar-refractivity contribution is -0.131. The molecule has 0 bridgehead atoms. The Balaban J connectivity index is 1.24. The molecule has 1 aromatic carbocycles. The number of piperidine rings is 1. The van der Waals surface area contributed by atoms with Gasteiger partial charge < -0.3 is 14.7 Å². The number of aromatic nitrogens is 1. The van der Waals surface area contributed by atoms with Crippen LogP contribution < -0.4 is 4.90 Å². The number of hydrogen-bond donors (Lipinski definition) is 0. The van der Waals surface area contributed by atoms with E-state index in [2.05, 4.69) is 9.88 Å². The Morgan fingerprint density at radius 3 is 2.48 bits per heavy atom. The fourth-order valence-corrected chi connectivity index (χ4v) is 4.72. The zero-order chi connectivity index (χ0) is 21.6. The maximum atomic E-state index is 12.9. The number of hydrogen-bond acceptors (Lipinski definition) is 4. The third kappa shape index (κ3) is 5.37. The molecular weight excluding hydrogens is 412 g/mol. The van der Waals surface area contributed by atoms with Crippen LogP contribution in [0, 0.1) is 5.92 Å². The molecule has 4 rings (SSSR count). The SMILES string of the molecule is O=C(CC[C@@H]1CCCN(C(=O)c2ccccc2Cl)C1)N1CCN(c2ccccn2)CC1. The van der Waals surface area contributed by atoms with E-state index >= 15 is 0 Å². The standard InChI is InChI=1S/C24H29ClN4O2/c25-21-8-2-1-7-20(21)24(31)29-13-5-6-19(18-29)10-11-23(30)28-16-14-27(15-17-28)22-9-3-4-12-26-22/h1-4,7-9,12,19H,5-6,10-11,13-18H2/t19-/m0/s1. The van der Waals surface area contributed by atoms with Crippen molar-refractivity contribution in [1.82, 2.24) is 14.8 Å². The third-order valence-corrected chi connectivity index (χ3v) is 6.61. The first kappa shape index (κ1) is 21.6. The second-order valence-electron chi connectivity index (χ2n) is 8.33. The molecule has 7 heteroatoms. The maximum Gasteiger partial charge on any atom is 0.255 e. The molecule has 0 radical (unpaired) electrons.